The molecule has 66 valence electrons. The van der Waals surface area contributed by atoms with Crippen molar-refractivity contribution in [2.45, 2.75) is 38.5 Å². The molecule has 0 saturated carbocycles. The largest absolute Gasteiger partial charge is 0.0885 e. The minimum atomic E-state index is 1.18. The van der Waals surface area contributed by atoms with Gasteiger partial charge in [0.1, 0.15) is 0 Å². The molecule has 12 heavy (non-hydrogen) atoms. The lowest BCUT2D eigenvalue weighted by molar-refractivity contribution is 0.760. The number of rotatable bonds is 0. The smallest absolute Gasteiger partial charge is 0.0313 e. The van der Waals surface area contributed by atoms with Gasteiger partial charge >= 0.3 is 0 Å². The summed E-state index contributed by atoms with van der Waals surface area (Å²) in [7, 11) is 0. The van der Waals surface area contributed by atoms with Crippen molar-refractivity contribution < 1.29 is 0 Å². The lowest BCUT2D eigenvalue weighted by Crippen LogP contribution is -1.74. The van der Waals surface area contributed by atoms with Crippen LogP contribution in [0.25, 0.3) is 0 Å². The van der Waals surface area contributed by atoms with Crippen LogP contribution in [0.1, 0.15) is 38.5 Å². The zero-order chi connectivity index (χ0) is 8.49. The van der Waals surface area contributed by atoms with E-state index in [1.807, 2.05) is 0 Å². The summed E-state index contributed by atoms with van der Waals surface area (Å²) in [5.74, 6) is 0. The molecule has 0 N–H and O–H groups in total. The average Bonchev–Trinajstić information content (AvgIpc) is 2.05. The zero-order valence-corrected chi connectivity index (χ0v) is 7.71. The summed E-state index contributed by atoms with van der Waals surface area (Å²) < 4.78 is 0. The van der Waals surface area contributed by atoms with E-state index in [2.05, 4.69) is 36.5 Å². The summed E-state index contributed by atoms with van der Waals surface area (Å²) in [4.78, 5) is 0. The van der Waals surface area contributed by atoms with Gasteiger partial charge in [0, 0.05) is 0 Å². The molecule has 1 rings (SSSR count). The van der Waals surface area contributed by atoms with Gasteiger partial charge in [0.25, 0.3) is 0 Å². The van der Waals surface area contributed by atoms with Gasteiger partial charge in [-0.2, -0.15) is 0 Å². The van der Waals surface area contributed by atoms with Crippen LogP contribution >= 0.6 is 0 Å². The lowest BCUT2D eigenvalue weighted by atomic mass is 10.1. The van der Waals surface area contributed by atoms with Gasteiger partial charge in [-0.1, -0.05) is 36.5 Å². The van der Waals surface area contributed by atoms with E-state index in [1.165, 1.54) is 38.5 Å². The van der Waals surface area contributed by atoms with Gasteiger partial charge in [-0.3, -0.25) is 0 Å². The van der Waals surface area contributed by atoms with Crippen LogP contribution < -0.4 is 0 Å². The molecule has 0 spiro atoms. The Bertz CT molecular complexity index is 172. The molecule has 0 atom stereocenters. The third-order valence-corrected chi connectivity index (χ3v) is 2.04. The molecule has 0 unspecified atom stereocenters. The van der Waals surface area contributed by atoms with Crippen molar-refractivity contribution in [2.24, 2.45) is 0 Å². The predicted molar refractivity (Wildman–Crippen MR) is 55.1 cm³/mol. The van der Waals surface area contributed by atoms with Crippen molar-refractivity contribution in [1.29, 1.82) is 0 Å². The Morgan fingerprint density at radius 3 is 1.83 bits per heavy atom. The second-order valence-electron chi connectivity index (χ2n) is 3.19. The summed E-state index contributed by atoms with van der Waals surface area (Å²) >= 11 is 0. The number of hydrogen-bond donors (Lipinski definition) is 0. The molecule has 0 amide bonds. The fourth-order valence-electron chi connectivity index (χ4n) is 1.30. The van der Waals surface area contributed by atoms with Crippen LogP contribution in [-0.4, -0.2) is 0 Å². The van der Waals surface area contributed by atoms with Gasteiger partial charge in [-0.05, 0) is 38.5 Å². The van der Waals surface area contributed by atoms with Crippen molar-refractivity contribution in [3.63, 3.8) is 0 Å². The van der Waals surface area contributed by atoms with Gasteiger partial charge in [0.2, 0.25) is 0 Å². The Hall–Kier alpha value is -0.780. The van der Waals surface area contributed by atoms with Gasteiger partial charge in [-0.25, -0.2) is 0 Å². The number of hydrogen-bond acceptors (Lipinski definition) is 0. The third-order valence-electron chi connectivity index (χ3n) is 2.04. The zero-order valence-electron chi connectivity index (χ0n) is 7.71. The van der Waals surface area contributed by atoms with Crippen LogP contribution in [0.5, 0.6) is 0 Å². The maximum Gasteiger partial charge on any atom is -0.0313 e. The Morgan fingerprint density at radius 2 is 1.00 bits per heavy atom. The minimum Gasteiger partial charge on any atom is -0.0885 e. The Morgan fingerprint density at radius 1 is 0.500 bits per heavy atom. The minimum absolute atomic E-state index is 1.18. The van der Waals surface area contributed by atoms with E-state index in [0.717, 1.165) is 0 Å². The first-order valence-electron chi connectivity index (χ1n) is 4.97. The Labute approximate surface area is 75.7 Å². The van der Waals surface area contributed by atoms with Crippen LogP contribution in [0, 0.1) is 0 Å². The van der Waals surface area contributed by atoms with Crippen molar-refractivity contribution in [2.75, 3.05) is 0 Å². The molecule has 0 bridgehead atoms. The highest BCUT2D eigenvalue weighted by molar-refractivity contribution is 5.03. The van der Waals surface area contributed by atoms with Crippen LogP contribution in [0.15, 0.2) is 36.5 Å². The highest BCUT2D eigenvalue weighted by Crippen LogP contribution is 2.04. The van der Waals surface area contributed by atoms with Crippen molar-refractivity contribution in [3.8, 4) is 0 Å². The van der Waals surface area contributed by atoms with Crippen molar-refractivity contribution in [3.05, 3.63) is 36.5 Å². The monoisotopic (exact) mass is 162 g/mol. The van der Waals surface area contributed by atoms with Crippen molar-refractivity contribution >= 4 is 0 Å². The molecule has 0 aromatic carbocycles. The highest BCUT2D eigenvalue weighted by atomic mass is 13.9. The summed E-state index contributed by atoms with van der Waals surface area (Å²) in [5.41, 5.74) is 0. The summed E-state index contributed by atoms with van der Waals surface area (Å²) in [6, 6.07) is 0. The molecule has 0 aliphatic heterocycles. The van der Waals surface area contributed by atoms with Crippen LogP contribution in [0.2, 0.25) is 0 Å². The second kappa shape index (κ2) is 6.90. The molecule has 0 aromatic heterocycles. The van der Waals surface area contributed by atoms with Gasteiger partial charge in [0.05, 0.1) is 0 Å². The normalized spacial score (nSPS) is 20.0. The molecule has 0 aromatic rings. The molecule has 0 heteroatoms. The quantitative estimate of drug-likeness (QED) is 0.472. The van der Waals surface area contributed by atoms with Crippen LogP contribution in [0.4, 0.5) is 0 Å². The van der Waals surface area contributed by atoms with Crippen LogP contribution in [-0.2, 0) is 0 Å². The molecule has 0 fully saturated rings. The first-order valence-corrected chi connectivity index (χ1v) is 4.97. The molecule has 0 saturated heterocycles. The average molecular weight is 162 g/mol. The van der Waals surface area contributed by atoms with E-state index >= 15 is 0 Å². The van der Waals surface area contributed by atoms with E-state index in [9.17, 15) is 0 Å². The van der Waals surface area contributed by atoms with E-state index in [-0.39, 0.29) is 0 Å². The summed E-state index contributed by atoms with van der Waals surface area (Å²) in [5, 5.41) is 0. The third kappa shape index (κ3) is 4.95. The van der Waals surface area contributed by atoms with Crippen LogP contribution in [0.3, 0.4) is 0 Å². The molecule has 0 radical (unpaired) electrons. The van der Waals surface area contributed by atoms with Gasteiger partial charge < -0.3 is 0 Å². The van der Waals surface area contributed by atoms with E-state index < -0.39 is 0 Å². The molecule has 1 aliphatic carbocycles. The van der Waals surface area contributed by atoms with E-state index in [1.54, 1.807) is 0 Å². The highest BCUT2D eigenvalue weighted by Gasteiger charge is 1.84. The van der Waals surface area contributed by atoms with E-state index in [0.29, 0.717) is 0 Å². The summed E-state index contributed by atoms with van der Waals surface area (Å²) in [6.45, 7) is 0. The fourth-order valence-corrected chi connectivity index (χ4v) is 1.30. The lowest BCUT2D eigenvalue weighted by Gasteiger charge is -1.94. The number of allylic oxidation sites excluding steroid dienone is 6. The Kier molecular flexibility index (Phi) is 5.35. The molecular weight excluding hydrogens is 144 g/mol. The summed E-state index contributed by atoms with van der Waals surface area (Å²) in [6.07, 6.45) is 21.0. The second-order valence-corrected chi connectivity index (χ2v) is 3.19. The standard InChI is InChI=1S/C12H18/c1-2-4-6-8-10-12-11-9-7-5-3-1/h1-4,9,11H,5-8,10,12H2. The Balaban J connectivity index is 2.31. The molecule has 0 heterocycles. The first kappa shape index (κ1) is 9.31. The molecular formula is C12H18. The predicted octanol–water partition coefficient (Wildman–Crippen LogP) is 4.01. The topological polar surface area (TPSA) is 0 Å². The maximum absolute atomic E-state index is 2.32. The fraction of sp³-hybridized carbons (Fsp3) is 0.500. The van der Waals surface area contributed by atoms with Gasteiger partial charge in [-0.15, -0.1) is 0 Å². The maximum atomic E-state index is 2.32. The first-order chi connectivity index (χ1) is 6.00. The SMILES string of the molecule is C1=CCCC=CCCCCC=C1. The van der Waals surface area contributed by atoms with Gasteiger partial charge in [0.15, 0.2) is 0 Å². The molecule has 1 aliphatic rings. The van der Waals surface area contributed by atoms with E-state index in [4.69, 9.17) is 0 Å². The molecule has 0 nitrogen and oxygen atoms in total. The van der Waals surface area contributed by atoms with Crippen molar-refractivity contribution in [1.82, 2.24) is 0 Å².